The standard InChI is InChI=1S/C29H30FN3O2/c30-22-14-12-21(13-15-22)28(34)31-23-16-18-33(19-17-23)27-11-4-3-9-25(27)29(35)32-26-10-5-7-20-6-1-2-8-24(20)26/h1-4,6,8-9,11-15,23,26H,5,7,10,16-19H2,(H,31,34)(H,32,35)/t26-/m1/s1. The van der Waals surface area contributed by atoms with E-state index in [9.17, 15) is 14.0 Å². The Labute approximate surface area is 205 Å². The number of hydrogen-bond acceptors (Lipinski definition) is 3. The highest BCUT2D eigenvalue weighted by Gasteiger charge is 2.26. The molecule has 1 aliphatic carbocycles. The first-order chi connectivity index (χ1) is 17.1. The zero-order valence-corrected chi connectivity index (χ0v) is 19.7. The summed E-state index contributed by atoms with van der Waals surface area (Å²) in [7, 11) is 0. The van der Waals surface area contributed by atoms with Crippen molar-refractivity contribution in [2.24, 2.45) is 0 Å². The summed E-state index contributed by atoms with van der Waals surface area (Å²) in [6.45, 7) is 1.48. The van der Waals surface area contributed by atoms with Crippen molar-refractivity contribution in [2.75, 3.05) is 18.0 Å². The molecule has 2 N–H and O–H groups in total. The van der Waals surface area contributed by atoms with Crippen LogP contribution in [0.3, 0.4) is 0 Å². The highest BCUT2D eigenvalue weighted by atomic mass is 19.1. The van der Waals surface area contributed by atoms with Crippen LogP contribution in [-0.4, -0.2) is 30.9 Å². The van der Waals surface area contributed by atoms with Gasteiger partial charge in [0.25, 0.3) is 11.8 Å². The second-order valence-electron chi connectivity index (χ2n) is 9.38. The molecule has 3 aromatic rings. The van der Waals surface area contributed by atoms with E-state index in [0.29, 0.717) is 11.1 Å². The maximum atomic E-state index is 13.4. The summed E-state index contributed by atoms with van der Waals surface area (Å²) in [5.74, 6) is -0.588. The normalized spacial score (nSPS) is 18.0. The summed E-state index contributed by atoms with van der Waals surface area (Å²) in [5.41, 5.74) is 4.62. The van der Waals surface area contributed by atoms with Crippen LogP contribution >= 0.6 is 0 Å². The minimum absolute atomic E-state index is 0.0351. The van der Waals surface area contributed by atoms with E-state index in [1.807, 2.05) is 30.3 Å². The predicted molar refractivity (Wildman–Crippen MR) is 135 cm³/mol. The Balaban J connectivity index is 1.22. The maximum absolute atomic E-state index is 13.4. The fraction of sp³-hybridized carbons (Fsp3) is 0.310. The van der Waals surface area contributed by atoms with Crippen LogP contribution in [0.2, 0.25) is 0 Å². The number of hydrogen-bond donors (Lipinski definition) is 2. The van der Waals surface area contributed by atoms with Gasteiger partial charge in [0.15, 0.2) is 0 Å². The number of halogens is 1. The molecule has 0 bridgehead atoms. The summed E-state index contributed by atoms with van der Waals surface area (Å²) in [6, 6.07) is 21.8. The number of amides is 2. The molecule has 35 heavy (non-hydrogen) atoms. The van der Waals surface area contributed by atoms with E-state index in [2.05, 4.69) is 33.7 Å². The molecular weight excluding hydrogens is 441 g/mol. The number of fused-ring (bicyclic) bond motifs is 1. The first-order valence-corrected chi connectivity index (χ1v) is 12.4. The third-order valence-electron chi connectivity index (χ3n) is 7.10. The number of nitrogens with zero attached hydrogens (tertiary/aromatic N) is 1. The number of aryl methyl sites for hydroxylation is 1. The topological polar surface area (TPSA) is 61.4 Å². The molecule has 3 aromatic carbocycles. The number of benzene rings is 3. The number of piperidine rings is 1. The minimum atomic E-state index is -0.356. The monoisotopic (exact) mass is 471 g/mol. The predicted octanol–water partition coefficient (Wildman–Crippen LogP) is 5.03. The minimum Gasteiger partial charge on any atom is -0.371 e. The van der Waals surface area contributed by atoms with Crippen molar-refractivity contribution in [3.8, 4) is 0 Å². The van der Waals surface area contributed by atoms with Crippen molar-refractivity contribution in [1.82, 2.24) is 10.6 Å². The van der Waals surface area contributed by atoms with Crippen LogP contribution in [0.5, 0.6) is 0 Å². The van der Waals surface area contributed by atoms with Gasteiger partial charge in [-0.2, -0.15) is 0 Å². The summed E-state index contributed by atoms with van der Waals surface area (Å²) >= 11 is 0. The van der Waals surface area contributed by atoms with Gasteiger partial charge in [-0.1, -0.05) is 36.4 Å². The number of nitrogens with one attached hydrogen (secondary N) is 2. The van der Waals surface area contributed by atoms with Gasteiger partial charge in [0.05, 0.1) is 11.6 Å². The Morgan fingerprint density at radius 3 is 2.31 bits per heavy atom. The van der Waals surface area contributed by atoms with Crippen LogP contribution in [0.25, 0.3) is 0 Å². The molecule has 1 aliphatic heterocycles. The van der Waals surface area contributed by atoms with E-state index in [4.69, 9.17) is 0 Å². The fourth-order valence-corrected chi connectivity index (χ4v) is 5.22. The number of rotatable bonds is 5. The lowest BCUT2D eigenvalue weighted by Gasteiger charge is -2.35. The highest BCUT2D eigenvalue weighted by Crippen LogP contribution is 2.31. The molecule has 2 aliphatic rings. The SMILES string of the molecule is O=C(NC1CCN(c2ccccc2C(=O)N[C@@H]2CCCc3ccccc32)CC1)c1ccc(F)cc1. The molecule has 0 spiro atoms. The number of anilines is 1. The van der Waals surface area contributed by atoms with Crippen LogP contribution in [0.1, 0.15) is 63.6 Å². The van der Waals surface area contributed by atoms with Gasteiger partial charge in [-0.3, -0.25) is 9.59 Å². The summed E-state index contributed by atoms with van der Waals surface area (Å²) in [4.78, 5) is 28.1. The summed E-state index contributed by atoms with van der Waals surface area (Å²) in [5, 5.41) is 6.34. The largest absolute Gasteiger partial charge is 0.371 e. The Bertz CT molecular complexity index is 1200. The summed E-state index contributed by atoms with van der Waals surface area (Å²) in [6.07, 6.45) is 4.63. The fourth-order valence-electron chi connectivity index (χ4n) is 5.22. The van der Waals surface area contributed by atoms with Crippen molar-refractivity contribution < 1.29 is 14.0 Å². The van der Waals surface area contributed by atoms with Crippen molar-refractivity contribution in [1.29, 1.82) is 0 Å². The molecule has 5 rings (SSSR count). The van der Waals surface area contributed by atoms with Gasteiger partial charge < -0.3 is 15.5 Å². The lowest BCUT2D eigenvalue weighted by atomic mass is 9.87. The van der Waals surface area contributed by atoms with Crippen molar-refractivity contribution in [3.63, 3.8) is 0 Å². The maximum Gasteiger partial charge on any atom is 0.253 e. The van der Waals surface area contributed by atoms with Gasteiger partial charge in [0.1, 0.15) is 5.82 Å². The third-order valence-corrected chi connectivity index (χ3v) is 7.10. The molecule has 0 aromatic heterocycles. The van der Waals surface area contributed by atoms with E-state index < -0.39 is 0 Å². The molecule has 0 saturated carbocycles. The highest BCUT2D eigenvalue weighted by molar-refractivity contribution is 6.00. The molecule has 1 saturated heterocycles. The van der Waals surface area contributed by atoms with Gasteiger partial charge in [-0.25, -0.2) is 4.39 Å². The molecule has 180 valence electrons. The molecular formula is C29H30FN3O2. The van der Waals surface area contributed by atoms with Gasteiger partial charge >= 0.3 is 0 Å². The first-order valence-electron chi connectivity index (χ1n) is 12.4. The number of carbonyl (C=O) groups excluding carboxylic acids is 2. The molecule has 1 heterocycles. The lowest BCUT2D eigenvalue weighted by molar-refractivity contribution is 0.0926. The summed E-state index contributed by atoms with van der Waals surface area (Å²) < 4.78 is 13.1. The van der Waals surface area contributed by atoms with Crippen molar-refractivity contribution in [2.45, 2.75) is 44.2 Å². The number of carbonyl (C=O) groups is 2. The quantitative estimate of drug-likeness (QED) is 0.549. The van der Waals surface area contributed by atoms with E-state index in [1.165, 1.54) is 35.4 Å². The Morgan fingerprint density at radius 1 is 0.800 bits per heavy atom. The Kier molecular flexibility index (Phi) is 6.80. The van der Waals surface area contributed by atoms with Gasteiger partial charge in [-0.15, -0.1) is 0 Å². The second-order valence-corrected chi connectivity index (χ2v) is 9.38. The van der Waals surface area contributed by atoms with Crippen LogP contribution in [0.4, 0.5) is 10.1 Å². The third kappa shape index (κ3) is 5.21. The Hall–Kier alpha value is -3.67. The molecule has 5 nitrogen and oxygen atoms in total. The first kappa shape index (κ1) is 23.1. The van der Waals surface area contributed by atoms with E-state index in [0.717, 1.165) is 50.9 Å². The van der Waals surface area contributed by atoms with Gasteiger partial charge in [0.2, 0.25) is 0 Å². The van der Waals surface area contributed by atoms with E-state index >= 15 is 0 Å². The van der Waals surface area contributed by atoms with E-state index in [-0.39, 0.29) is 29.7 Å². The molecule has 0 radical (unpaired) electrons. The van der Waals surface area contributed by atoms with Crippen LogP contribution < -0.4 is 15.5 Å². The lowest BCUT2D eigenvalue weighted by Crippen LogP contribution is -2.45. The average molecular weight is 472 g/mol. The van der Waals surface area contributed by atoms with Crippen LogP contribution in [0.15, 0.2) is 72.8 Å². The second kappa shape index (κ2) is 10.3. The van der Waals surface area contributed by atoms with Crippen molar-refractivity contribution in [3.05, 3.63) is 101 Å². The van der Waals surface area contributed by atoms with Crippen LogP contribution in [-0.2, 0) is 6.42 Å². The van der Waals surface area contributed by atoms with E-state index in [1.54, 1.807) is 0 Å². The van der Waals surface area contributed by atoms with Crippen molar-refractivity contribution >= 4 is 17.5 Å². The Morgan fingerprint density at radius 2 is 1.51 bits per heavy atom. The molecule has 1 atom stereocenters. The molecule has 6 heteroatoms. The van der Waals surface area contributed by atoms with Gasteiger partial charge in [-0.05, 0) is 79.6 Å². The van der Waals surface area contributed by atoms with Crippen LogP contribution in [0, 0.1) is 5.82 Å². The van der Waals surface area contributed by atoms with Gasteiger partial charge in [0, 0.05) is 30.4 Å². The smallest absolute Gasteiger partial charge is 0.253 e. The molecule has 2 amide bonds. The zero-order valence-electron chi connectivity index (χ0n) is 19.7. The number of para-hydroxylation sites is 1. The average Bonchev–Trinajstić information content (AvgIpc) is 2.90. The zero-order chi connectivity index (χ0) is 24.2. The molecule has 1 fully saturated rings. The molecule has 0 unspecified atom stereocenters.